The number of aliphatic hydroxyl groups is 1. The Labute approximate surface area is 208 Å². The van der Waals surface area contributed by atoms with Crippen molar-refractivity contribution >= 4 is 16.6 Å². The molecular weight excluding hydrogens is 587 g/mol. The molecule has 1 radical (unpaired) electrons. The fraction of sp³-hybridized carbons (Fsp3) is 0.172. The van der Waals surface area contributed by atoms with Crippen molar-refractivity contribution in [1.82, 2.24) is 4.98 Å². The predicted molar refractivity (Wildman–Crippen MR) is 133 cm³/mol. The first-order chi connectivity index (χ1) is 15.3. The van der Waals surface area contributed by atoms with Crippen molar-refractivity contribution in [2.45, 2.75) is 33.1 Å². The minimum Gasteiger partial charge on any atom is -0.512 e. The van der Waals surface area contributed by atoms with E-state index in [0.717, 1.165) is 11.3 Å². The van der Waals surface area contributed by atoms with Crippen molar-refractivity contribution in [3.63, 3.8) is 0 Å². The molecule has 1 aliphatic rings. The summed E-state index contributed by atoms with van der Waals surface area (Å²) >= 11 is 0. The molecular formula is C29H27IrNO2. The summed E-state index contributed by atoms with van der Waals surface area (Å²) in [6.07, 6.45) is 3.23. The molecule has 0 spiro atoms. The van der Waals surface area contributed by atoms with Gasteiger partial charge in [0.15, 0.2) is 0 Å². The number of benzene rings is 3. The zero-order valence-electron chi connectivity index (χ0n) is 19.2. The molecule has 33 heavy (non-hydrogen) atoms. The number of rotatable bonds is 2. The van der Waals surface area contributed by atoms with Gasteiger partial charge in [-0.05, 0) is 34.4 Å². The van der Waals surface area contributed by atoms with Gasteiger partial charge in [0.05, 0.1) is 18.8 Å². The number of allylic oxidation sites excluding steroid dienone is 2. The summed E-state index contributed by atoms with van der Waals surface area (Å²) in [6.45, 7) is 7.60. The molecule has 0 atom stereocenters. The molecule has 1 aromatic heterocycles. The second-order valence-corrected chi connectivity index (χ2v) is 8.69. The summed E-state index contributed by atoms with van der Waals surface area (Å²) in [5.41, 5.74) is 7.42. The van der Waals surface area contributed by atoms with Gasteiger partial charge < -0.3 is 10.1 Å². The minimum atomic E-state index is 0. The first kappa shape index (κ1) is 24.6. The third-order valence-electron chi connectivity index (χ3n) is 5.84. The molecule has 169 valence electrons. The van der Waals surface area contributed by atoms with Crippen molar-refractivity contribution in [3.05, 3.63) is 102 Å². The third kappa shape index (κ3) is 4.98. The Balaban J connectivity index is 0.000000337. The first-order valence-corrected chi connectivity index (χ1v) is 10.7. The van der Waals surface area contributed by atoms with E-state index in [4.69, 9.17) is 9.90 Å². The summed E-state index contributed by atoms with van der Waals surface area (Å²) in [4.78, 5) is 13.1. The van der Waals surface area contributed by atoms with E-state index < -0.39 is 0 Å². The largest absolute Gasteiger partial charge is 0.512 e. The van der Waals surface area contributed by atoms with Crippen LogP contribution in [0.1, 0.15) is 38.8 Å². The van der Waals surface area contributed by atoms with Crippen LogP contribution in [0.3, 0.4) is 0 Å². The van der Waals surface area contributed by atoms with E-state index in [9.17, 15) is 0 Å². The number of fused-ring (bicyclic) bond motifs is 4. The molecule has 0 unspecified atom stereocenters. The molecule has 3 nitrogen and oxygen atoms in total. The molecule has 1 aliphatic carbocycles. The molecule has 5 rings (SSSR count). The molecule has 4 heteroatoms. The molecule has 0 fully saturated rings. The van der Waals surface area contributed by atoms with Crippen LogP contribution in [-0.2, 0) is 25.5 Å². The van der Waals surface area contributed by atoms with Crippen LogP contribution >= 0.6 is 0 Å². The van der Waals surface area contributed by atoms with Crippen LogP contribution in [0, 0.1) is 6.07 Å². The molecule has 0 bridgehead atoms. The van der Waals surface area contributed by atoms with Gasteiger partial charge >= 0.3 is 5.78 Å². The fourth-order valence-electron chi connectivity index (χ4n) is 4.32. The van der Waals surface area contributed by atoms with E-state index in [1.807, 2.05) is 12.3 Å². The normalized spacial score (nSPS) is 13.3. The van der Waals surface area contributed by atoms with Crippen molar-refractivity contribution in [3.8, 4) is 22.4 Å². The van der Waals surface area contributed by atoms with Crippen LogP contribution < -0.4 is 0 Å². The number of aliphatic hydroxyl groups excluding tert-OH is 1. The van der Waals surface area contributed by atoms with E-state index in [2.05, 4.69) is 85.6 Å². The number of hydrogen-bond donors (Lipinski definition) is 1. The summed E-state index contributed by atoms with van der Waals surface area (Å²) in [5, 5.41) is 10.8. The van der Waals surface area contributed by atoms with Crippen LogP contribution in [-0.4, -0.2) is 20.7 Å². The average molecular weight is 614 g/mol. The van der Waals surface area contributed by atoms with E-state index in [-0.39, 0.29) is 37.1 Å². The first-order valence-electron chi connectivity index (χ1n) is 10.7. The van der Waals surface area contributed by atoms with E-state index in [1.54, 1.807) is 0 Å². The van der Waals surface area contributed by atoms with Gasteiger partial charge in [-0.2, -0.15) is 0 Å². The summed E-state index contributed by atoms with van der Waals surface area (Å²) in [6, 6.07) is 27.1. The topological polar surface area (TPSA) is 54.5 Å². The van der Waals surface area contributed by atoms with Crippen LogP contribution in [0.15, 0.2) is 84.8 Å². The number of hydrogen-bond acceptors (Lipinski definition) is 2. The maximum atomic E-state index is 8.40. The van der Waals surface area contributed by atoms with E-state index in [1.165, 1.54) is 52.9 Å². The monoisotopic (exact) mass is 614 g/mol. The number of ketones is 1. The van der Waals surface area contributed by atoms with Crippen molar-refractivity contribution in [1.29, 1.82) is 0 Å². The van der Waals surface area contributed by atoms with Gasteiger partial charge in [-0.3, -0.25) is 4.79 Å². The Bertz CT molecular complexity index is 1350. The second kappa shape index (κ2) is 9.82. The summed E-state index contributed by atoms with van der Waals surface area (Å²) in [7, 11) is 0. The van der Waals surface area contributed by atoms with Crippen LogP contribution in [0.25, 0.3) is 33.2 Å². The molecule has 1 heterocycles. The molecule has 3 aromatic carbocycles. The predicted octanol–water partition coefficient (Wildman–Crippen LogP) is 7.02. The Kier molecular flexibility index (Phi) is 7.31. The molecule has 4 aromatic rings. The fourth-order valence-corrected chi connectivity index (χ4v) is 4.32. The SMILES string of the molecule is CC(=[OH+])/C=C(/C)O.CC1(C)c2ccccc2-c2c[c-]c(-c3cc4ccccc4cn3)cc21.[Ir]. The van der Waals surface area contributed by atoms with Crippen LogP contribution in [0.5, 0.6) is 0 Å². The number of nitrogens with zero attached hydrogens (tertiary/aromatic N) is 1. The van der Waals surface area contributed by atoms with Crippen molar-refractivity contribution in [2.75, 3.05) is 0 Å². The average Bonchev–Trinajstić information content (AvgIpc) is 3.00. The van der Waals surface area contributed by atoms with Gasteiger partial charge in [-0.25, -0.2) is 0 Å². The summed E-state index contributed by atoms with van der Waals surface area (Å²) < 4.78 is 0. The van der Waals surface area contributed by atoms with Crippen LogP contribution in [0.2, 0.25) is 0 Å². The number of carbonyl (C=O) groups excluding carboxylic acids is 1. The van der Waals surface area contributed by atoms with E-state index in [0.29, 0.717) is 0 Å². The number of pyridine rings is 1. The van der Waals surface area contributed by atoms with Crippen molar-refractivity contribution in [2.24, 2.45) is 0 Å². The minimum absolute atomic E-state index is 0. The Hall–Kier alpha value is -3.07. The van der Waals surface area contributed by atoms with Crippen LogP contribution in [0.4, 0.5) is 0 Å². The van der Waals surface area contributed by atoms with Gasteiger partial charge in [0, 0.05) is 26.3 Å². The van der Waals surface area contributed by atoms with Gasteiger partial charge in [0.2, 0.25) is 0 Å². The molecule has 2 N–H and O–H groups in total. The summed E-state index contributed by atoms with van der Waals surface area (Å²) in [5.74, 6) is 0.250. The van der Waals surface area contributed by atoms with Crippen molar-refractivity contribution < 1.29 is 30.0 Å². The zero-order chi connectivity index (χ0) is 22.9. The van der Waals surface area contributed by atoms with E-state index >= 15 is 0 Å². The molecule has 0 saturated heterocycles. The molecule has 0 saturated carbocycles. The maximum Gasteiger partial charge on any atom is 0.316 e. The maximum absolute atomic E-state index is 8.40. The van der Waals surface area contributed by atoms with Gasteiger partial charge in [-0.15, -0.1) is 29.3 Å². The second-order valence-electron chi connectivity index (χ2n) is 8.69. The standard InChI is InChI=1S/C24H18N.C5H8O2.Ir/c1-24(2)21-10-6-5-9-19(21)20-12-11-17(13-22(20)24)23-14-16-7-3-4-8-18(16)15-25-23;1-4(6)3-5(2)7;/h3-10,12-15H,1-2H3;3,6H,1-2H3;/q-1;;/p+1/b;4-3-;. The van der Waals surface area contributed by atoms with Gasteiger partial charge in [0.1, 0.15) is 0 Å². The Morgan fingerprint density at radius 2 is 1.61 bits per heavy atom. The van der Waals surface area contributed by atoms with Gasteiger partial charge in [-0.1, -0.05) is 79.6 Å². The Morgan fingerprint density at radius 1 is 0.939 bits per heavy atom. The Morgan fingerprint density at radius 3 is 2.27 bits per heavy atom. The number of aromatic nitrogens is 1. The molecule has 0 aliphatic heterocycles. The third-order valence-corrected chi connectivity index (χ3v) is 5.84. The quantitative estimate of drug-likeness (QED) is 0.114. The zero-order valence-corrected chi connectivity index (χ0v) is 21.6. The molecule has 0 amide bonds. The van der Waals surface area contributed by atoms with Gasteiger partial charge in [0.25, 0.3) is 0 Å². The smallest absolute Gasteiger partial charge is 0.316 e.